The Morgan fingerprint density at radius 2 is 2.21 bits per heavy atom. The normalized spacial score (nSPS) is 28.9. The number of nitrogens with one attached hydrogen (secondary N) is 1. The first kappa shape index (κ1) is 13.1. The zero-order valence-electron chi connectivity index (χ0n) is 11.8. The fraction of sp³-hybridized carbons (Fsp3) is 0.800. The number of nitrogens with zero attached hydrogens (tertiary/aromatic N) is 2. The molecule has 1 saturated carbocycles. The van der Waals surface area contributed by atoms with Crippen LogP contribution >= 0.6 is 0 Å². The molecule has 0 spiro atoms. The van der Waals surface area contributed by atoms with Crippen molar-refractivity contribution in [1.29, 1.82) is 0 Å². The summed E-state index contributed by atoms with van der Waals surface area (Å²) in [5.74, 6) is 0.651. The third kappa shape index (κ3) is 3.18. The van der Waals surface area contributed by atoms with E-state index in [0.29, 0.717) is 24.7 Å². The molecule has 2 fully saturated rings. The van der Waals surface area contributed by atoms with E-state index in [1.807, 2.05) is 0 Å². The van der Waals surface area contributed by atoms with Crippen molar-refractivity contribution in [3.63, 3.8) is 0 Å². The Morgan fingerprint density at radius 1 is 1.37 bits per heavy atom. The van der Waals surface area contributed by atoms with Crippen LogP contribution in [0.2, 0.25) is 0 Å². The van der Waals surface area contributed by atoms with Crippen molar-refractivity contribution in [3.8, 4) is 0 Å². The molecule has 19 heavy (non-hydrogen) atoms. The van der Waals surface area contributed by atoms with Crippen molar-refractivity contribution in [2.24, 2.45) is 5.92 Å². The molecule has 2 aliphatic rings. The lowest BCUT2D eigenvalue weighted by molar-refractivity contribution is -0.00820. The van der Waals surface area contributed by atoms with E-state index in [9.17, 15) is 0 Å². The highest BCUT2D eigenvalue weighted by Crippen LogP contribution is 2.28. The molecule has 4 heteroatoms. The van der Waals surface area contributed by atoms with Gasteiger partial charge in [-0.15, -0.1) is 0 Å². The summed E-state index contributed by atoms with van der Waals surface area (Å²) in [6.45, 7) is 5.03. The molecule has 1 N–H and O–H groups in total. The molecule has 0 bridgehead atoms. The lowest BCUT2D eigenvalue weighted by atomic mass is 9.97. The molecule has 1 aromatic heterocycles. The van der Waals surface area contributed by atoms with Crippen LogP contribution in [0.1, 0.15) is 50.8 Å². The predicted octanol–water partition coefficient (Wildman–Crippen LogP) is 2.51. The first-order valence-corrected chi connectivity index (χ1v) is 7.69. The second kappa shape index (κ2) is 6.06. The lowest BCUT2D eigenvalue weighted by Gasteiger charge is -2.29. The molecule has 1 aromatic rings. The van der Waals surface area contributed by atoms with Crippen LogP contribution in [0.4, 0.5) is 0 Å². The van der Waals surface area contributed by atoms with Crippen molar-refractivity contribution in [2.45, 2.75) is 57.8 Å². The van der Waals surface area contributed by atoms with Gasteiger partial charge >= 0.3 is 0 Å². The maximum Gasteiger partial charge on any atom is 0.0910 e. The molecule has 2 atom stereocenters. The molecule has 1 saturated heterocycles. The van der Waals surface area contributed by atoms with Crippen molar-refractivity contribution < 1.29 is 4.74 Å². The number of ether oxygens (including phenoxy) is 1. The van der Waals surface area contributed by atoms with Gasteiger partial charge in [-0.25, -0.2) is 0 Å². The zero-order valence-corrected chi connectivity index (χ0v) is 11.8. The second-order valence-electron chi connectivity index (χ2n) is 6.04. The van der Waals surface area contributed by atoms with Crippen LogP contribution in [0.15, 0.2) is 12.3 Å². The fourth-order valence-corrected chi connectivity index (χ4v) is 3.20. The molecule has 0 radical (unpaired) electrons. The van der Waals surface area contributed by atoms with Gasteiger partial charge in [0.2, 0.25) is 0 Å². The van der Waals surface area contributed by atoms with Gasteiger partial charge in [-0.1, -0.05) is 19.8 Å². The Kier molecular flexibility index (Phi) is 4.18. The minimum absolute atomic E-state index is 0.338. The molecule has 1 aliphatic heterocycles. The molecule has 0 aromatic carbocycles. The summed E-state index contributed by atoms with van der Waals surface area (Å²) in [5.41, 5.74) is 1.07. The highest BCUT2D eigenvalue weighted by molar-refractivity contribution is 4.99. The smallest absolute Gasteiger partial charge is 0.0910 e. The monoisotopic (exact) mass is 263 g/mol. The predicted molar refractivity (Wildman–Crippen MR) is 75.0 cm³/mol. The van der Waals surface area contributed by atoms with Gasteiger partial charge < -0.3 is 10.1 Å². The summed E-state index contributed by atoms with van der Waals surface area (Å²) < 4.78 is 8.17. The maximum atomic E-state index is 6.02. The van der Waals surface area contributed by atoms with E-state index in [4.69, 9.17) is 4.74 Å². The second-order valence-corrected chi connectivity index (χ2v) is 6.04. The summed E-state index contributed by atoms with van der Waals surface area (Å²) in [6, 6.07) is 2.74. The van der Waals surface area contributed by atoms with E-state index in [-0.39, 0.29) is 0 Å². The molecule has 2 heterocycles. The minimum atomic E-state index is 0.338. The molecule has 1 aliphatic carbocycles. The first-order valence-electron chi connectivity index (χ1n) is 7.69. The Bertz CT molecular complexity index is 398. The molecular weight excluding hydrogens is 238 g/mol. The van der Waals surface area contributed by atoms with E-state index in [0.717, 1.165) is 18.8 Å². The summed E-state index contributed by atoms with van der Waals surface area (Å²) >= 11 is 0. The molecule has 2 unspecified atom stereocenters. The highest BCUT2D eigenvalue weighted by Gasteiger charge is 2.22. The molecule has 4 nitrogen and oxygen atoms in total. The van der Waals surface area contributed by atoms with Gasteiger partial charge in [0.15, 0.2) is 0 Å². The molecular formula is C15H25N3O. The third-order valence-electron chi connectivity index (χ3n) is 4.56. The molecule has 0 amide bonds. The van der Waals surface area contributed by atoms with Crippen molar-refractivity contribution >= 4 is 0 Å². The first-order chi connectivity index (χ1) is 9.33. The summed E-state index contributed by atoms with van der Waals surface area (Å²) in [7, 11) is 0. The molecule has 3 rings (SSSR count). The lowest BCUT2D eigenvalue weighted by Crippen LogP contribution is -2.40. The third-order valence-corrected chi connectivity index (χ3v) is 4.56. The number of piperidine rings is 1. The van der Waals surface area contributed by atoms with E-state index in [1.165, 1.54) is 32.1 Å². The molecule has 106 valence electrons. The highest BCUT2D eigenvalue weighted by atomic mass is 16.5. The van der Waals surface area contributed by atoms with Crippen LogP contribution < -0.4 is 5.32 Å². The Morgan fingerprint density at radius 3 is 3.00 bits per heavy atom. The van der Waals surface area contributed by atoms with Crippen LogP contribution in [0.25, 0.3) is 0 Å². The average molecular weight is 263 g/mol. The van der Waals surface area contributed by atoms with Gasteiger partial charge in [0.05, 0.1) is 24.4 Å². The maximum absolute atomic E-state index is 6.02. The summed E-state index contributed by atoms with van der Waals surface area (Å²) in [5, 5.41) is 8.07. The number of aromatic nitrogens is 2. The van der Waals surface area contributed by atoms with Crippen LogP contribution in [-0.4, -0.2) is 29.0 Å². The number of rotatable bonds is 4. The zero-order chi connectivity index (χ0) is 13.1. The van der Waals surface area contributed by atoms with Gasteiger partial charge in [0.1, 0.15) is 0 Å². The number of hydrogen-bond acceptors (Lipinski definition) is 3. The van der Waals surface area contributed by atoms with Gasteiger partial charge in [-0.05, 0) is 37.8 Å². The number of hydrogen-bond donors (Lipinski definition) is 1. The van der Waals surface area contributed by atoms with Crippen LogP contribution in [0, 0.1) is 5.92 Å². The fourth-order valence-electron chi connectivity index (χ4n) is 3.20. The van der Waals surface area contributed by atoms with Crippen molar-refractivity contribution in [3.05, 3.63) is 18.0 Å². The van der Waals surface area contributed by atoms with E-state index < -0.39 is 0 Å². The summed E-state index contributed by atoms with van der Waals surface area (Å²) in [6.07, 6.45) is 8.93. The van der Waals surface area contributed by atoms with Crippen LogP contribution in [0.5, 0.6) is 0 Å². The van der Waals surface area contributed by atoms with E-state index in [2.05, 4.69) is 34.3 Å². The standard InChI is InChI=1S/C15H25N3O/c1-12-6-8-16-10-15(12)19-11-13-7-9-18(17-13)14-4-2-3-5-14/h7,9,12,14-16H,2-6,8,10-11H2,1H3. The Balaban J connectivity index is 1.52. The largest absolute Gasteiger partial charge is 0.370 e. The summed E-state index contributed by atoms with van der Waals surface area (Å²) in [4.78, 5) is 0. The van der Waals surface area contributed by atoms with Gasteiger partial charge in [-0.3, -0.25) is 4.68 Å². The SMILES string of the molecule is CC1CCNCC1OCc1ccn(C2CCCC2)n1. The van der Waals surface area contributed by atoms with Gasteiger partial charge in [-0.2, -0.15) is 5.10 Å². The van der Waals surface area contributed by atoms with Crippen molar-refractivity contribution in [2.75, 3.05) is 13.1 Å². The van der Waals surface area contributed by atoms with Gasteiger partial charge in [0, 0.05) is 12.7 Å². The van der Waals surface area contributed by atoms with Crippen LogP contribution in [-0.2, 0) is 11.3 Å². The Labute approximate surface area is 115 Å². The average Bonchev–Trinajstić information content (AvgIpc) is 3.09. The van der Waals surface area contributed by atoms with Crippen LogP contribution in [0.3, 0.4) is 0 Å². The van der Waals surface area contributed by atoms with E-state index in [1.54, 1.807) is 0 Å². The van der Waals surface area contributed by atoms with E-state index >= 15 is 0 Å². The minimum Gasteiger partial charge on any atom is -0.370 e. The topological polar surface area (TPSA) is 39.1 Å². The Hall–Kier alpha value is -0.870. The van der Waals surface area contributed by atoms with Gasteiger partial charge in [0.25, 0.3) is 0 Å². The van der Waals surface area contributed by atoms with Crippen molar-refractivity contribution in [1.82, 2.24) is 15.1 Å². The quantitative estimate of drug-likeness (QED) is 0.907.